The van der Waals surface area contributed by atoms with Crippen LogP contribution in [0.1, 0.15) is 5.56 Å². The number of nitrogen functional groups attached to an aromatic ring is 1. The van der Waals surface area contributed by atoms with E-state index in [0.717, 1.165) is 20.4 Å². The van der Waals surface area contributed by atoms with E-state index in [9.17, 15) is 0 Å². The van der Waals surface area contributed by atoms with Crippen LogP contribution >= 0.6 is 43.6 Å². The molecular weight excluding hydrogens is 364 g/mol. The number of hydrogen-bond donors (Lipinski definition) is 1. The van der Waals surface area contributed by atoms with Crippen molar-refractivity contribution in [3.05, 3.63) is 51.2 Å². The molecule has 0 radical (unpaired) electrons. The van der Waals surface area contributed by atoms with Crippen molar-refractivity contribution < 1.29 is 0 Å². The quantitative estimate of drug-likeness (QED) is 0.636. The first-order valence-electron chi connectivity index (χ1n) is 4.92. The van der Waals surface area contributed by atoms with E-state index in [1.807, 2.05) is 24.4 Å². The van der Waals surface area contributed by atoms with Crippen LogP contribution in [0.5, 0.6) is 0 Å². The van der Waals surface area contributed by atoms with Crippen molar-refractivity contribution in [1.29, 1.82) is 0 Å². The Morgan fingerprint density at radius 3 is 2.71 bits per heavy atom. The van der Waals surface area contributed by atoms with Gasteiger partial charge in [-0.1, -0.05) is 0 Å². The van der Waals surface area contributed by atoms with Gasteiger partial charge in [0.05, 0.1) is 0 Å². The smallest absolute Gasteiger partial charge is 0.0410 e. The van der Waals surface area contributed by atoms with Crippen LogP contribution in [-0.2, 0) is 5.75 Å². The molecule has 0 aliphatic carbocycles. The van der Waals surface area contributed by atoms with Gasteiger partial charge in [0.2, 0.25) is 0 Å². The molecule has 2 aromatic rings. The van der Waals surface area contributed by atoms with Crippen molar-refractivity contribution in [3.63, 3.8) is 0 Å². The molecule has 1 aromatic heterocycles. The molecule has 0 saturated carbocycles. The number of anilines is 1. The molecule has 0 atom stereocenters. The molecule has 0 fully saturated rings. The first kappa shape index (κ1) is 12.9. The van der Waals surface area contributed by atoms with Gasteiger partial charge in [-0.25, -0.2) is 0 Å². The maximum Gasteiger partial charge on any atom is 0.0410 e. The Morgan fingerprint density at radius 1 is 1.18 bits per heavy atom. The summed E-state index contributed by atoms with van der Waals surface area (Å²) in [7, 11) is 0. The third kappa shape index (κ3) is 3.72. The lowest BCUT2D eigenvalue weighted by Gasteiger charge is -2.05. The zero-order chi connectivity index (χ0) is 12.3. The molecule has 1 aromatic carbocycles. The lowest BCUT2D eigenvalue weighted by atomic mass is 10.3. The highest BCUT2D eigenvalue weighted by molar-refractivity contribution is 9.10. The maximum atomic E-state index is 5.70. The highest BCUT2D eigenvalue weighted by Gasteiger charge is 2.02. The summed E-state index contributed by atoms with van der Waals surface area (Å²) >= 11 is 8.68. The minimum atomic E-state index is 0.769. The van der Waals surface area contributed by atoms with Crippen LogP contribution in [0.4, 0.5) is 5.69 Å². The molecule has 0 amide bonds. The Morgan fingerprint density at radius 2 is 2.00 bits per heavy atom. The average molecular weight is 374 g/mol. The summed E-state index contributed by atoms with van der Waals surface area (Å²) in [5.41, 5.74) is 7.66. The molecule has 0 unspecified atom stereocenters. The first-order valence-corrected chi connectivity index (χ1v) is 7.49. The molecule has 1 heterocycles. The zero-order valence-corrected chi connectivity index (χ0v) is 12.8. The molecule has 0 saturated heterocycles. The van der Waals surface area contributed by atoms with Gasteiger partial charge in [-0.15, -0.1) is 11.8 Å². The fourth-order valence-electron chi connectivity index (χ4n) is 1.33. The topological polar surface area (TPSA) is 38.9 Å². The maximum absolute atomic E-state index is 5.70. The molecule has 2 nitrogen and oxygen atoms in total. The summed E-state index contributed by atoms with van der Waals surface area (Å²) in [6.45, 7) is 0. The van der Waals surface area contributed by atoms with E-state index in [1.54, 1.807) is 18.0 Å². The van der Waals surface area contributed by atoms with Gasteiger partial charge in [0.25, 0.3) is 0 Å². The number of halogens is 2. The van der Waals surface area contributed by atoms with Gasteiger partial charge >= 0.3 is 0 Å². The number of benzene rings is 1. The largest absolute Gasteiger partial charge is 0.399 e. The average Bonchev–Trinajstić information content (AvgIpc) is 2.28. The number of rotatable bonds is 3. The van der Waals surface area contributed by atoms with Crippen LogP contribution < -0.4 is 5.73 Å². The number of pyridine rings is 1. The Bertz CT molecular complexity index is 532. The minimum absolute atomic E-state index is 0.769. The predicted octanol–water partition coefficient (Wildman–Crippen LogP) is 4.48. The number of thioether (sulfide) groups is 1. The van der Waals surface area contributed by atoms with E-state index in [2.05, 4.69) is 42.9 Å². The first-order chi connectivity index (χ1) is 8.15. The Balaban J connectivity index is 2.07. The second kappa shape index (κ2) is 5.89. The van der Waals surface area contributed by atoms with Gasteiger partial charge in [0.1, 0.15) is 0 Å². The van der Waals surface area contributed by atoms with Gasteiger partial charge in [0, 0.05) is 37.7 Å². The summed E-state index contributed by atoms with van der Waals surface area (Å²) in [6, 6.07) is 7.93. The third-order valence-corrected chi connectivity index (χ3v) is 4.61. The van der Waals surface area contributed by atoms with Crippen LogP contribution in [0.25, 0.3) is 0 Å². The Labute approximate surface area is 121 Å². The zero-order valence-electron chi connectivity index (χ0n) is 8.86. The van der Waals surface area contributed by atoms with E-state index in [4.69, 9.17) is 5.73 Å². The van der Waals surface area contributed by atoms with Crippen molar-refractivity contribution in [2.45, 2.75) is 10.6 Å². The number of nitrogens with zero attached hydrogens (tertiary/aromatic N) is 1. The van der Waals surface area contributed by atoms with Crippen molar-refractivity contribution in [2.24, 2.45) is 0 Å². The molecule has 0 aliphatic heterocycles. The lowest BCUT2D eigenvalue weighted by molar-refractivity contribution is 1.23. The van der Waals surface area contributed by atoms with Crippen molar-refractivity contribution in [1.82, 2.24) is 4.98 Å². The van der Waals surface area contributed by atoms with Crippen LogP contribution in [0, 0.1) is 0 Å². The van der Waals surface area contributed by atoms with Crippen LogP contribution in [-0.4, -0.2) is 4.98 Å². The molecule has 0 aliphatic rings. The summed E-state index contributed by atoms with van der Waals surface area (Å²) in [6.07, 6.45) is 3.66. The highest BCUT2D eigenvalue weighted by Crippen LogP contribution is 2.31. The highest BCUT2D eigenvalue weighted by atomic mass is 79.9. The monoisotopic (exact) mass is 372 g/mol. The molecule has 2 N–H and O–H groups in total. The van der Waals surface area contributed by atoms with Gasteiger partial charge in [-0.05, 0) is 61.7 Å². The van der Waals surface area contributed by atoms with Gasteiger partial charge in [-0.3, -0.25) is 4.98 Å². The molecular formula is C12H10Br2N2S. The second-order valence-electron chi connectivity index (χ2n) is 3.49. The summed E-state index contributed by atoms with van der Waals surface area (Å²) < 4.78 is 2.04. The molecule has 17 heavy (non-hydrogen) atoms. The fourth-order valence-corrected chi connectivity index (χ4v) is 3.32. The van der Waals surface area contributed by atoms with Crippen molar-refractivity contribution >= 4 is 49.3 Å². The number of nitrogens with two attached hydrogens (primary N) is 1. The molecule has 0 spiro atoms. The van der Waals surface area contributed by atoms with Crippen LogP contribution in [0.3, 0.4) is 0 Å². The lowest BCUT2D eigenvalue weighted by Crippen LogP contribution is -1.86. The molecule has 88 valence electrons. The van der Waals surface area contributed by atoms with Gasteiger partial charge in [0.15, 0.2) is 0 Å². The summed E-state index contributed by atoms with van der Waals surface area (Å²) in [4.78, 5) is 5.32. The van der Waals surface area contributed by atoms with Crippen molar-refractivity contribution in [2.75, 3.05) is 5.73 Å². The van der Waals surface area contributed by atoms with E-state index in [-0.39, 0.29) is 0 Å². The molecule has 2 rings (SSSR count). The van der Waals surface area contributed by atoms with E-state index < -0.39 is 0 Å². The van der Waals surface area contributed by atoms with E-state index in [1.165, 1.54) is 10.5 Å². The van der Waals surface area contributed by atoms with Gasteiger partial charge in [-0.2, -0.15) is 0 Å². The Kier molecular flexibility index (Phi) is 4.48. The van der Waals surface area contributed by atoms with Gasteiger partial charge < -0.3 is 5.73 Å². The summed E-state index contributed by atoms with van der Waals surface area (Å²) in [5, 5.41) is 0. The fraction of sp³-hybridized carbons (Fsp3) is 0.0833. The number of hydrogen-bond acceptors (Lipinski definition) is 3. The minimum Gasteiger partial charge on any atom is -0.399 e. The normalized spacial score (nSPS) is 10.5. The molecule has 5 heteroatoms. The molecule has 0 bridgehead atoms. The van der Waals surface area contributed by atoms with E-state index >= 15 is 0 Å². The number of aromatic nitrogens is 1. The SMILES string of the molecule is Nc1ccc(SCc2cncc(Br)c2)c(Br)c1. The van der Waals surface area contributed by atoms with Crippen LogP contribution in [0.15, 0.2) is 50.5 Å². The van der Waals surface area contributed by atoms with Crippen LogP contribution in [0.2, 0.25) is 0 Å². The summed E-state index contributed by atoms with van der Waals surface area (Å²) in [5.74, 6) is 0.884. The predicted molar refractivity (Wildman–Crippen MR) is 80.1 cm³/mol. The second-order valence-corrected chi connectivity index (χ2v) is 6.28. The standard InChI is InChI=1S/C12H10Br2N2S/c13-9-3-8(5-16-6-9)7-17-12-2-1-10(15)4-11(12)14/h1-6H,7,15H2. The van der Waals surface area contributed by atoms with Crippen molar-refractivity contribution in [3.8, 4) is 0 Å². The van der Waals surface area contributed by atoms with E-state index in [0.29, 0.717) is 0 Å². The Hall–Kier alpha value is -0.520. The third-order valence-electron chi connectivity index (χ3n) is 2.11.